The third-order valence-electron chi connectivity index (χ3n) is 4.76. The average Bonchev–Trinajstić information content (AvgIpc) is 3.15. The summed E-state index contributed by atoms with van der Waals surface area (Å²) in [6, 6.07) is 12.0. The first-order chi connectivity index (χ1) is 12.2. The summed E-state index contributed by atoms with van der Waals surface area (Å²) in [5.41, 5.74) is 2.43. The van der Waals surface area contributed by atoms with Crippen molar-refractivity contribution in [2.45, 2.75) is 39.4 Å². The molecule has 5 heteroatoms. The summed E-state index contributed by atoms with van der Waals surface area (Å²) in [4.78, 5) is 14.3. The van der Waals surface area contributed by atoms with Gasteiger partial charge in [-0.05, 0) is 55.1 Å². The Labute approximate surface area is 149 Å². The predicted octanol–water partition coefficient (Wildman–Crippen LogP) is 3.51. The van der Waals surface area contributed by atoms with Gasteiger partial charge in [-0.1, -0.05) is 31.2 Å². The van der Waals surface area contributed by atoms with E-state index >= 15 is 0 Å². The first-order valence-electron chi connectivity index (χ1n) is 9.03. The highest BCUT2D eigenvalue weighted by atomic mass is 16.3. The summed E-state index contributed by atoms with van der Waals surface area (Å²) < 4.78 is 5.18. The van der Waals surface area contributed by atoms with Crippen LogP contribution in [0, 0.1) is 5.92 Å². The lowest BCUT2D eigenvalue weighted by molar-refractivity contribution is 0.185. The van der Waals surface area contributed by atoms with E-state index in [1.165, 1.54) is 31.5 Å². The third-order valence-corrected chi connectivity index (χ3v) is 4.76. The number of hydrogen-bond acceptors (Lipinski definition) is 3. The molecule has 2 N–H and O–H groups in total. The summed E-state index contributed by atoms with van der Waals surface area (Å²) in [6.45, 7) is 6.66. The summed E-state index contributed by atoms with van der Waals surface area (Å²) in [6.07, 6.45) is 4.20. The number of urea groups is 1. The molecule has 5 nitrogen and oxygen atoms in total. The number of carbonyl (C=O) groups excluding carboxylic acids is 1. The van der Waals surface area contributed by atoms with Gasteiger partial charge in [0.05, 0.1) is 12.8 Å². The van der Waals surface area contributed by atoms with Crippen LogP contribution in [0.25, 0.3) is 0 Å². The SMILES string of the molecule is CC1CCN(Cc2ccc(CNC(=O)NCc3ccco3)cc2)CC1. The van der Waals surface area contributed by atoms with Gasteiger partial charge in [0, 0.05) is 13.1 Å². The van der Waals surface area contributed by atoms with Gasteiger partial charge in [0.2, 0.25) is 0 Å². The molecule has 3 rings (SSSR count). The molecular weight excluding hydrogens is 314 g/mol. The second-order valence-electron chi connectivity index (χ2n) is 6.89. The largest absolute Gasteiger partial charge is 0.467 e. The maximum atomic E-state index is 11.8. The fourth-order valence-corrected chi connectivity index (χ4v) is 3.07. The van der Waals surface area contributed by atoms with Crippen LogP contribution in [0.1, 0.15) is 36.7 Å². The van der Waals surface area contributed by atoms with Crippen molar-refractivity contribution in [1.82, 2.24) is 15.5 Å². The van der Waals surface area contributed by atoms with Gasteiger partial charge >= 0.3 is 6.03 Å². The summed E-state index contributed by atoms with van der Waals surface area (Å²) in [5, 5.41) is 5.64. The number of piperidine rings is 1. The number of likely N-dealkylation sites (tertiary alicyclic amines) is 1. The number of hydrogen-bond donors (Lipinski definition) is 2. The molecular formula is C20H27N3O2. The van der Waals surface area contributed by atoms with Crippen molar-refractivity contribution in [3.8, 4) is 0 Å². The molecule has 1 aliphatic rings. The number of nitrogens with one attached hydrogen (secondary N) is 2. The number of furan rings is 1. The van der Waals surface area contributed by atoms with Crippen LogP contribution in [0.3, 0.4) is 0 Å². The number of amides is 2. The summed E-state index contributed by atoms with van der Waals surface area (Å²) in [7, 11) is 0. The lowest BCUT2D eigenvalue weighted by atomic mass is 9.99. The maximum Gasteiger partial charge on any atom is 0.315 e. The van der Waals surface area contributed by atoms with E-state index in [1.54, 1.807) is 12.3 Å². The van der Waals surface area contributed by atoms with Crippen LogP contribution < -0.4 is 10.6 Å². The third kappa shape index (κ3) is 5.64. The Hall–Kier alpha value is -2.27. The molecule has 0 saturated carbocycles. The van der Waals surface area contributed by atoms with Crippen LogP contribution in [0.5, 0.6) is 0 Å². The van der Waals surface area contributed by atoms with E-state index in [4.69, 9.17) is 4.42 Å². The molecule has 2 amide bonds. The lowest BCUT2D eigenvalue weighted by Gasteiger charge is -2.30. The highest BCUT2D eigenvalue weighted by Gasteiger charge is 2.15. The Morgan fingerprint density at radius 2 is 1.76 bits per heavy atom. The topological polar surface area (TPSA) is 57.5 Å². The number of carbonyl (C=O) groups is 1. The van der Waals surface area contributed by atoms with Crippen molar-refractivity contribution >= 4 is 6.03 Å². The van der Waals surface area contributed by atoms with Gasteiger partial charge in [0.25, 0.3) is 0 Å². The fourth-order valence-electron chi connectivity index (χ4n) is 3.07. The second kappa shape index (κ2) is 8.72. The van der Waals surface area contributed by atoms with Crippen LogP contribution >= 0.6 is 0 Å². The summed E-state index contributed by atoms with van der Waals surface area (Å²) in [5.74, 6) is 1.61. The molecule has 0 unspecified atom stereocenters. The van der Waals surface area contributed by atoms with E-state index < -0.39 is 0 Å². The van der Waals surface area contributed by atoms with Crippen molar-refractivity contribution < 1.29 is 9.21 Å². The van der Waals surface area contributed by atoms with Gasteiger partial charge < -0.3 is 15.1 Å². The van der Waals surface area contributed by atoms with Crippen LogP contribution in [0.4, 0.5) is 4.79 Å². The van der Waals surface area contributed by atoms with E-state index in [-0.39, 0.29) is 6.03 Å². The fraction of sp³-hybridized carbons (Fsp3) is 0.450. The minimum absolute atomic E-state index is 0.192. The van der Waals surface area contributed by atoms with Crippen molar-refractivity contribution in [3.63, 3.8) is 0 Å². The molecule has 1 fully saturated rings. The van der Waals surface area contributed by atoms with Crippen molar-refractivity contribution in [2.75, 3.05) is 13.1 Å². The normalized spacial score (nSPS) is 15.9. The Bertz CT molecular complexity index is 644. The quantitative estimate of drug-likeness (QED) is 0.845. The average molecular weight is 341 g/mol. The van der Waals surface area contributed by atoms with E-state index in [0.29, 0.717) is 13.1 Å². The van der Waals surface area contributed by atoms with Crippen LogP contribution in [-0.4, -0.2) is 24.0 Å². The van der Waals surface area contributed by atoms with E-state index in [9.17, 15) is 4.79 Å². The number of rotatable bonds is 6. The molecule has 2 heterocycles. The molecule has 0 bridgehead atoms. The van der Waals surface area contributed by atoms with Gasteiger partial charge in [0.1, 0.15) is 5.76 Å². The zero-order chi connectivity index (χ0) is 17.5. The zero-order valence-corrected chi connectivity index (χ0v) is 14.8. The van der Waals surface area contributed by atoms with Gasteiger partial charge in [0.15, 0.2) is 0 Å². The Kier molecular flexibility index (Phi) is 6.12. The van der Waals surface area contributed by atoms with Crippen molar-refractivity contribution in [1.29, 1.82) is 0 Å². The smallest absolute Gasteiger partial charge is 0.315 e. The highest BCUT2D eigenvalue weighted by molar-refractivity contribution is 5.73. The molecule has 1 aliphatic heterocycles. The van der Waals surface area contributed by atoms with E-state index in [0.717, 1.165) is 23.8 Å². The van der Waals surface area contributed by atoms with Gasteiger partial charge in [-0.3, -0.25) is 4.90 Å². The molecule has 25 heavy (non-hydrogen) atoms. The molecule has 0 atom stereocenters. The van der Waals surface area contributed by atoms with Crippen molar-refractivity contribution in [3.05, 3.63) is 59.5 Å². The van der Waals surface area contributed by atoms with Crippen molar-refractivity contribution in [2.24, 2.45) is 5.92 Å². The monoisotopic (exact) mass is 341 g/mol. The van der Waals surface area contributed by atoms with E-state index in [2.05, 4.69) is 46.7 Å². The second-order valence-corrected chi connectivity index (χ2v) is 6.89. The molecule has 134 valence electrons. The maximum absolute atomic E-state index is 11.8. The van der Waals surface area contributed by atoms with Crippen LogP contribution in [0.2, 0.25) is 0 Å². The minimum Gasteiger partial charge on any atom is -0.467 e. The summed E-state index contributed by atoms with van der Waals surface area (Å²) >= 11 is 0. The molecule has 1 saturated heterocycles. The minimum atomic E-state index is -0.192. The molecule has 0 spiro atoms. The van der Waals surface area contributed by atoms with Crippen LogP contribution in [-0.2, 0) is 19.6 Å². The molecule has 0 aliphatic carbocycles. The molecule has 0 radical (unpaired) electrons. The number of nitrogens with zero attached hydrogens (tertiary/aromatic N) is 1. The number of benzene rings is 1. The first-order valence-corrected chi connectivity index (χ1v) is 9.03. The lowest BCUT2D eigenvalue weighted by Crippen LogP contribution is -2.34. The molecule has 1 aromatic carbocycles. The Balaban J connectivity index is 1.39. The molecule has 2 aromatic rings. The molecule has 1 aromatic heterocycles. The van der Waals surface area contributed by atoms with Crippen LogP contribution in [0.15, 0.2) is 47.1 Å². The van der Waals surface area contributed by atoms with Gasteiger partial charge in [-0.15, -0.1) is 0 Å². The highest BCUT2D eigenvalue weighted by Crippen LogP contribution is 2.18. The zero-order valence-electron chi connectivity index (χ0n) is 14.8. The predicted molar refractivity (Wildman–Crippen MR) is 97.9 cm³/mol. The Morgan fingerprint density at radius 1 is 1.08 bits per heavy atom. The van der Waals surface area contributed by atoms with Gasteiger partial charge in [-0.2, -0.15) is 0 Å². The Morgan fingerprint density at radius 3 is 2.44 bits per heavy atom. The van der Waals surface area contributed by atoms with Gasteiger partial charge in [-0.25, -0.2) is 4.79 Å². The standard InChI is InChI=1S/C20H27N3O2/c1-16-8-10-23(11-9-16)15-18-6-4-17(5-7-18)13-21-20(24)22-14-19-3-2-12-25-19/h2-7,12,16H,8-11,13-15H2,1H3,(H2,21,22,24). The van der Waals surface area contributed by atoms with E-state index in [1.807, 2.05) is 6.07 Å². The first kappa shape index (κ1) is 17.5.